The molecule has 0 bridgehead atoms. The predicted octanol–water partition coefficient (Wildman–Crippen LogP) is 5.33. The van der Waals surface area contributed by atoms with Crippen LogP contribution in [0.25, 0.3) is 0 Å². The maximum absolute atomic E-state index is 13.5. The van der Waals surface area contributed by atoms with Crippen LogP contribution in [0.1, 0.15) is 42.2 Å². The van der Waals surface area contributed by atoms with Gasteiger partial charge >= 0.3 is 12.2 Å². The molecule has 10 nitrogen and oxygen atoms in total. The minimum atomic E-state index is -0.758. The summed E-state index contributed by atoms with van der Waals surface area (Å²) in [6, 6.07) is 27.9. The summed E-state index contributed by atoms with van der Waals surface area (Å²) in [5, 5.41) is 2.94. The smallest absolute Gasteiger partial charge is 0.412 e. The van der Waals surface area contributed by atoms with Gasteiger partial charge in [-0.1, -0.05) is 91.0 Å². The fraction of sp³-hybridized carbons (Fsp3) is 0.412. The molecule has 3 aliphatic rings. The number of hydrogen-bond donors (Lipinski definition) is 1. The molecule has 0 saturated carbocycles. The number of benzene rings is 3. The zero-order chi connectivity index (χ0) is 30.1. The van der Waals surface area contributed by atoms with E-state index < -0.39 is 49.1 Å². The number of amides is 2. The molecule has 232 valence electrons. The van der Waals surface area contributed by atoms with Gasteiger partial charge in [-0.3, -0.25) is 4.90 Å². The Balaban J connectivity index is 1.20. The maximum Gasteiger partial charge on any atom is 0.412 e. The zero-order valence-electron chi connectivity index (χ0n) is 24.5. The van der Waals surface area contributed by atoms with Crippen molar-refractivity contribution in [2.24, 2.45) is 0 Å². The Morgan fingerprint density at radius 1 is 0.818 bits per heavy atom. The Morgan fingerprint density at radius 3 is 2.14 bits per heavy atom. The summed E-state index contributed by atoms with van der Waals surface area (Å²) in [7, 11) is 0. The quantitative estimate of drug-likeness (QED) is 0.369. The van der Waals surface area contributed by atoms with Gasteiger partial charge in [-0.2, -0.15) is 0 Å². The molecule has 44 heavy (non-hydrogen) atoms. The Hall–Kier alpha value is -3.96. The zero-order valence-corrected chi connectivity index (χ0v) is 24.5. The van der Waals surface area contributed by atoms with E-state index in [0.717, 1.165) is 36.0 Å². The number of alkyl carbamates (subject to hydrolysis) is 1. The van der Waals surface area contributed by atoms with Crippen molar-refractivity contribution in [3.05, 3.63) is 108 Å². The number of nitrogens with zero attached hydrogens (tertiary/aromatic N) is 1. The van der Waals surface area contributed by atoms with E-state index in [1.807, 2.05) is 91.0 Å². The Kier molecular flexibility index (Phi) is 10.0. The average molecular weight is 603 g/mol. The second-order valence-corrected chi connectivity index (χ2v) is 11.1. The van der Waals surface area contributed by atoms with Crippen molar-refractivity contribution in [1.29, 1.82) is 0 Å². The van der Waals surface area contributed by atoms with E-state index in [1.54, 1.807) is 4.90 Å². The molecule has 3 saturated heterocycles. The predicted molar refractivity (Wildman–Crippen MR) is 159 cm³/mol. The van der Waals surface area contributed by atoms with E-state index in [0.29, 0.717) is 6.61 Å². The summed E-state index contributed by atoms with van der Waals surface area (Å²) >= 11 is 0. The molecular weight excluding hydrogens is 564 g/mol. The minimum absolute atomic E-state index is 0.133. The second-order valence-electron chi connectivity index (χ2n) is 11.1. The van der Waals surface area contributed by atoms with E-state index in [9.17, 15) is 9.59 Å². The SMILES string of the molecule is O=C(N[C@H]1CO[C@H]2CN(C(=O)OCc3ccccc3)C(c3ccccc3)O[C@H]2[C@@H]1OC1CCCCO1)OCc1ccccc1. The molecule has 0 aliphatic carbocycles. The Morgan fingerprint density at radius 2 is 1.48 bits per heavy atom. The van der Waals surface area contributed by atoms with Crippen molar-refractivity contribution in [1.82, 2.24) is 10.2 Å². The molecule has 2 unspecified atom stereocenters. The van der Waals surface area contributed by atoms with E-state index in [-0.39, 0.29) is 26.4 Å². The van der Waals surface area contributed by atoms with Gasteiger partial charge < -0.3 is 33.7 Å². The van der Waals surface area contributed by atoms with Crippen LogP contribution in [0.15, 0.2) is 91.0 Å². The van der Waals surface area contributed by atoms with Crippen LogP contribution in [0.2, 0.25) is 0 Å². The largest absolute Gasteiger partial charge is 0.445 e. The summed E-state index contributed by atoms with van der Waals surface area (Å²) < 4.78 is 36.6. The molecule has 2 amide bonds. The molecule has 6 atom stereocenters. The number of rotatable bonds is 8. The lowest BCUT2D eigenvalue weighted by Gasteiger charge is -2.50. The first-order valence-electron chi connectivity index (χ1n) is 15.2. The van der Waals surface area contributed by atoms with Gasteiger partial charge in [0.05, 0.1) is 19.2 Å². The molecular formula is C34H38N2O8. The highest BCUT2D eigenvalue weighted by Crippen LogP contribution is 2.37. The van der Waals surface area contributed by atoms with Gasteiger partial charge in [-0.25, -0.2) is 9.59 Å². The number of hydrogen-bond acceptors (Lipinski definition) is 8. The van der Waals surface area contributed by atoms with Crippen LogP contribution < -0.4 is 5.32 Å². The summed E-state index contributed by atoms with van der Waals surface area (Å²) in [6.45, 7) is 1.23. The average Bonchev–Trinajstić information content (AvgIpc) is 3.08. The molecule has 3 aromatic carbocycles. The van der Waals surface area contributed by atoms with Crippen LogP contribution >= 0.6 is 0 Å². The highest BCUT2D eigenvalue weighted by Gasteiger charge is 2.51. The highest BCUT2D eigenvalue weighted by molar-refractivity contribution is 5.69. The minimum Gasteiger partial charge on any atom is -0.445 e. The van der Waals surface area contributed by atoms with E-state index in [2.05, 4.69) is 5.32 Å². The highest BCUT2D eigenvalue weighted by atomic mass is 16.7. The van der Waals surface area contributed by atoms with Gasteiger partial charge in [-0.05, 0) is 30.4 Å². The lowest BCUT2D eigenvalue weighted by atomic mass is 9.94. The van der Waals surface area contributed by atoms with Crippen molar-refractivity contribution in [2.75, 3.05) is 19.8 Å². The summed E-state index contributed by atoms with van der Waals surface area (Å²) in [5.74, 6) is 0. The molecule has 6 rings (SSSR count). The summed E-state index contributed by atoms with van der Waals surface area (Å²) in [6.07, 6.45) is -1.36. The van der Waals surface area contributed by atoms with Crippen LogP contribution in [-0.2, 0) is 41.6 Å². The number of carbonyl (C=O) groups excluding carboxylic acids is 2. The second kappa shape index (κ2) is 14.7. The molecule has 1 N–H and O–H groups in total. The molecule has 0 aromatic heterocycles. The van der Waals surface area contributed by atoms with Gasteiger partial charge in [0.2, 0.25) is 0 Å². The first-order chi connectivity index (χ1) is 21.6. The molecule has 3 aliphatic heterocycles. The van der Waals surface area contributed by atoms with Gasteiger partial charge in [-0.15, -0.1) is 0 Å². The van der Waals surface area contributed by atoms with E-state index >= 15 is 0 Å². The van der Waals surface area contributed by atoms with Crippen molar-refractivity contribution < 1.29 is 38.0 Å². The molecule has 10 heteroatoms. The van der Waals surface area contributed by atoms with E-state index in [1.165, 1.54) is 0 Å². The van der Waals surface area contributed by atoms with Crippen LogP contribution in [-0.4, -0.2) is 67.5 Å². The lowest BCUT2D eigenvalue weighted by Crippen LogP contribution is -2.67. The molecule has 0 spiro atoms. The molecule has 3 heterocycles. The summed E-state index contributed by atoms with van der Waals surface area (Å²) in [4.78, 5) is 27.9. The Labute approximate surface area is 257 Å². The summed E-state index contributed by atoms with van der Waals surface area (Å²) in [5.41, 5.74) is 2.55. The standard InChI is InChI=1S/C34H38N2O8/c37-33(41-21-24-12-4-1-5-13-24)35-27-23-40-28-20-36(34(38)42-22-25-14-6-2-7-15-25)32(26-16-8-3-9-17-26)44-31(28)30(27)43-29-18-10-11-19-39-29/h1-9,12-17,27-32H,10-11,18-23H2,(H,35,37)/t27-,28-,29?,30+,31+,32?/m0/s1. The number of ether oxygens (including phenoxy) is 6. The number of fused-ring (bicyclic) bond motifs is 1. The van der Waals surface area contributed by atoms with Gasteiger partial charge in [0.25, 0.3) is 0 Å². The monoisotopic (exact) mass is 602 g/mol. The fourth-order valence-corrected chi connectivity index (χ4v) is 5.75. The lowest BCUT2D eigenvalue weighted by molar-refractivity contribution is -0.290. The third-order valence-corrected chi connectivity index (χ3v) is 8.01. The van der Waals surface area contributed by atoms with Gasteiger partial charge in [0, 0.05) is 12.2 Å². The first-order valence-corrected chi connectivity index (χ1v) is 15.2. The molecule has 0 radical (unpaired) electrons. The molecule has 3 aromatic rings. The third kappa shape index (κ3) is 7.57. The van der Waals surface area contributed by atoms with Crippen molar-refractivity contribution in [3.63, 3.8) is 0 Å². The van der Waals surface area contributed by atoms with Crippen LogP contribution in [0, 0.1) is 0 Å². The Bertz CT molecular complexity index is 1340. The van der Waals surface area contributed by atoms with Crippen LogP contribution in [0.3, 0.4) is 0 Å². The number of nitrogens with one attached hydrogen (secondary N) is 1. The van der Waals surface area contributed by atoms with Gasteiger partial charge in [0.1, 0.15) is 31.5 Å². The van der Waals surface area contributed by atoms with E-state index in [4.69, 9.17) is 28.4 Å². The fourth-order valence-electron chi connectivity index (χ4n) is 5.75. The van der Waals surface area contributed by atoms with Crippen LogP contribution in [0.4, 0.5) is 9.59 Å². The topological polar surface area (TPSA) is 105 Å². The third-order valence-electron chi connectivity index (χ3n) is 8.01. The number of carbonyl (C=O) groups is 2. The van der Waals surface area contributed by atoms with Crippen molar-refractivity contribution >= 4 is 12.2 Å². The molecule has 3 fully saturated rings. The van der Waals surface area contributed by atoms with Gasteiger partial charge in [0.15, 0.2) is 12.5 Å². The maximum atomic E-state index is 13.5. The van der Waals surface area contributed by atoms with Crippen molar-refractivity contribution in [2.45, 2.75) is 69.3 Å². The van der Waals surface area contributed by atoms with Crippen LogP contribution in [0.5, 0.6) is 0 Å². The first kappa shape index (κ1) is 30.1. The normalized spacial score (nSPS) is 26.7. The van der Waals surface area contributed by atoms with Crippen molar-refractivity contribution in [3.8, 4) is 0 Å².